The molecule has 0 amide bonds. The fourth-order valence-electron chi connectivity index (χ4n) is 3.31. The summed E-state index contributed by atoms with van der Waals surface area (Å²) in [6.07, 6.45) is -0.235. The number of nitrogens with zero attached hydrogens (tertiary/aromatic N) is 5. The molecule has 0 unspecified atom stereocenters. The van der Waals surface area contributed by atoms with Crippen molar-refractivity contribution in [3.8, 4) is 0 Å². The van der Waals surface area contributed by atoms with Gasteiger partial charge in [0.15, 0.2) is 11.5 Å². The van der Waals surface area contributed by atoms with Crippen LogP contribution >= 0.6 is 0 Å². The lowest BCUT2D eigenvalue weighted by molar-refractivity contribution is -0.137. The number of pyridine rings is 1. The van der Waals surface area contributed by atoms with Gasteiger partial charge >= 0.3 is 6.18 Å². The lowest BCUT2D eigenvalue weighted by Crippen LogP contribution is -2.34. The smallest absolute Gasteiger partial charge is 0.350 e. The first-order chi connectivity index (χ1) is 13.3. The Morgan fingerprint density at radius 1 is 1.21 bits per heavy atom. The molecule has 1 aliphatic heterocycles. The third kappa shape index (κ3) is 3.02. The number of hydrogen-bond donors (Lipinski definition) is 0. The van der Waals surface area contributed by atoms with Crippen LogP contribution in [0.25, 0.3) is 11.7 Å². The van der Waals surface area contributed by atoms with Crippen LogP contribution in [0.3, 0.4) is 0 Å². The van der Waals surface area contributed by atoms with Crippen molar-refractivity contribution in [1.82, 2.24) is 19.6 Å². The Morgan fingerprint density at radius 2 is 2.00 bits per heavy atom. The maximum absolute atomic E-state index is 13.0. The quantitative estimate of drug-likeness (QED) is 0.677. The van der Waals surface area contributed by atoms with E-state index in [1.807, 2.05) is 11.8 Å². The first kappa shape index (κ1) is 18.1. The molecule has 0 saturated heterocycles. The predicted molar refractivity (Wildman–Crippen MR) is 98.1 cm³/mol. The Hall–Kier alpha value is -3.23. The van der Waals surface area contributed by atoms with Crippen molar-refractivity contribution < 1.29 is 13.2 Å². The van der Waals surface area contributed by atoms with Gasteiger partial charge in [0.05, 0.1) is 11.1 Å². The van der Waals surface area contributed by atoms with Crippen LogP contribution < -0.4 is 10.5 Å². The van der Waals surface area contributed by atoms with E-state index in [0.717, 1.165) is 17.8 Å². The van der Waals surface area contributed by atoms with Gasteiger partial charge in [-0.2, -0.15) is 17.7 Å². The van der Waals surface area contributed by atoms with Crippen LogP contribution in [0.15, 0.2) is 35.9 Å². The monoisotopic (exact) mass is 387 g/mol. The molecule has 0 aromatic carbocycles. The van der Waals surface area contributed by atoms with E-state index in [-0.39, 0.29) is 12.1 Å². The largest absolute Gasteiger partial charge is 0.417 e. The highest BCUT2D eigenvalue weighted by Crippen LogP contribution is 2.32. The average molecular weight is 387 g/mol. The van der Waals surface area contributed by atoms with Gasteiger partial charge in [-0.25, -0.2) is 4.98 Å². The van der Waals surface area contributed by atoms with E-state index in [4.69, 9.17) is 0 Å². The van der Waals surface area contributed by atoms with E-state index < -0.39 is 11.7 Å². The Kier molecular flexibility index (Phi) is 4.17. The molecule has 0 radical (unpaired) electrons. The average Bonchev–Trinajstić information content (AvgIpc) is 2.66. The van der Waals surface area contributed by atoms with Crippen LogP contribution in [0.1, 0.15) is 27.9 Å². The summed E-state index contributed by atoms with van der Waals surface area (Å²) in [6.45, 7) is 6.19. The van der Waals surface area contributed by atoms with Crippen LogP contribution in [0.5, 0.6) is 0 Å². The van der Waals surface area contributed by atoms with Gasteiger partial charge in [-0.3, -0.25) is 9.78 Å². The molecule has 4 heterocycles. The number of aryl methyl sites for hydroxylation is 1. The minimum atomic E-state index is -4.44. The van der Waals surface area contributed by atoms with Crippen molar-refractivity contribution in [1.29, 1.82) is 0 Å². The molecular formula is C19H16F3N5O. The van der Waals surface area contributed by atoms with Crippen molar-refractivity contribution >= 4 is 17.5 Å². The zero-order valence-corrected chi connectivity index (χ0v) is 15.0. The first-order valence-corrected chi connectivity index (χ1v) is 8.60. The molecule has 0 fully saturated rings. The second kappa shape index (κ2) is 6.43. The molecule has 9 heteroatoms. The zero-order valence-electron chi connectivity index (χ0n) is 15.0. The Balaban J connectivity index is 1.77. The van der Waals surface area contributed by atoms with Gasteiger partial charge in [0, 0.05) is 37.6 Å². The number of fused-ring (bicyclic) bond motifs is 2. The second-order valence-electron chi connectivity index (χ2n) is 6.64. The molecule has 144 valence electrons. The van der Waals surface area contributed by atoms with Crippen LogP contribution in [-0.2, 0) is 19.1 Å². The molecule has 0 spiro atoms. The van der Waals surface area contributed by atoms with Crippen molar-refractivity contribution in [3.05, 3.63) is 69.4 Å². The van der Waals surface area contributed by atoms with Crippen LogP contribution in [-0.4, -0.2) is 26.1 Å². The molecule has 4 rings (SSSR count). The summed E-state index contributed by atoms with van der Waals surface area (Å²) < 4.78 is 40.2. The molecule has 28 heavy (non-hydrogen) atoms. The molecule has 6 nitrogen and oxygen atoms in total. The van der Waals surface area contributed by atoms with E-state index in [1.165, 1.54) is 16.8 Å². The summed E-state index contributed by atoms with van der Waals surface area (Å²) >= 11 is 0. The first-order valence-electron chi connectivity index (χ1n) is 8.60. The van der Waals surface area contributed by atoms with Crippen LogP contribution in [0.4, 0.5) is 19.0 Å². The summed E-state index contributed by atoms with van der Waals surface area (Å²) in [4.78, 5) is 22.5. The van der Waals surface area contributed by atoms with E-state index in [9.17, 15) is 18.0 Å². The summed E-state index contributed by atoms with van der Waals surface area (Å²) in [5.74, 6) is 0.528. The molecule has 3 aromatic rings. The number of hydrogen-bond acceptors (Lipinski definition) is 5. The molecule has 0 N–H and O–H groups in total. The van der Waals surface area contributed by atoms with Gasteiger partial charge in [0.1, 0.15) is 0 Å². The van der Waals surface area contributed by atoms with E-state index >= 15 is 0 Å². The topological polar surface area (TPSA) is 63.4 Å². The predicted octanol–water partition coefficient (Wildman–Crippen LogP) is 3.02. The second-order valence-corrected chi connectivity index (χ2v) is 6.64. The van der Waals surface area contributed by atoms with E-state index in [0.29, 0.717) is 41.3 Å². The minimum absolute atomic E-state index is 0.231. The Morgan fingerprint density at radius 3 is 2.71 bits per heavy atom. The number of anilines is 1. The highest BCUT2D eigenvalue weighted by Gasteiger charge is 2.32. The number of halogens is 3. The van der Waals surface area contributed by atoms with Crippen LogP contribution in [0, 0.1) is 6.92 Å². The Labute approximate surface area is 158 Å². The normalized spacial score (nSPS) is 14.2. The summed E-state index contributed by atoms with van der Waals surface area (Å²) in [6, 6.07) is 2.87. The standard InChI is InChI=1S/C19H16F3N5O/c1-3-12-8-24-16-6-11(2)17(25-27(16)18(12)28)26-5-4-15-13(10-26)7-14(9-23-15)19(20,21)22/h3,6-9H,1,4-5,10H2,2H3. The van der Waals surface area contributed by atoms with Gasteiger partial charge < -0.3 is 4.90 Å². The number of alkyl halides is 3. The molecule has 3 aromatic heterocycles. The van der Waals surface area contributed by atoms with Gasteiger partial charge in [0.25, 0.3) is 5.56 Å². The van der Waals surface area contributed by atoms with Gasteiger partial charge in [0.2, 0.25) is 0 Å². The number of aromatic nitrogens is 4. The molecular weight excluding hydrogens is 371 g/mol. The highest BCUT2D eigenvalue weighted by molar-refractivity contribution is 5.55. The van der Waals surface area contributed by atoms with Gasteiger partial charge in [-0.05, 0) is 30.2 Å². The molecule has 0 aliphatic carbocycles. The molecule has 1 aliphatic rings. The molecule has 0 saturated carbocycles. The molecule has 0 bridgehead atoms. The number of rotatable bonds is 2. The zero-order chi connectivity index (χ0) is 20.1. The highest BCUT2D eigenvalue weighted by atomic mass is 19.4. The lowest BCUT2D eigenvalue weighted by atomic mass is 10.0. The van der Waals surface area contributed by atoms with Gasteiger partial charge in [-0.15, -0.1) is 5.10 Å². The van der Waals surface area contributed by atoms with Crippen molar-refractivity contribution in [2.24, 2.45) is 0 Å². The van der Waals surface area contributed by atoms with E-state index in [2.05, 4.69) is 21.6 Å². The maximum Gasteiger partial charge on any atom is 0.417 e. The SMILES string of the molecule is C=Cc1cnc2cc(C)c(N3CCc4ncc(C(F)(F)F)cc4C3)nn2c1=O. The summed E-state index contributed by atoms with van der Waals surface area (Å²) in [7, 11) is 0. The third-order valence-electron chi connectivity index (χ3n) is 4.77. The van der Waals surface area contributed by atoms with Crippen LogP contribution in [0.2, 0.25) is 0 Å². The minimum Gasteiger partial charge on any atom is -0.350 e. The molecule has 0 atom stereocenters. The fraction of sp³-hybridized carbons (Fsp3) is 0.263. The maximum atomic E-state index is 13.0. The lowest BCUT2D eigenvalue weighted by Gasteiger charge is -2.30. The Bertz CT molecular complexity index is 1150. The van der Waals surface area contributed by atoms with E-state index in [1.54, 1.807) is 6.07 Å². The summed E-state index contributed by atoms with van der Waals surface area (Å²) in [5, 5.41) is 4.43. The van der Waals surface area contributed by atoms with Crippen molar-refractivity contribution in [2.45, 2.75) is 26.1 Å². The van der Waals surface area contributed by atoms with Crippen molar-refractivity contribution in [2.75, 3.05) is 11.4 Å². The summed E-state index contributed by atoms with van der Waals surface area (Å²) in [5.41, 5.74) is 1.54. The third-order valence-corrected chi connectivity index (χ3v) is 4.77. The fourth-order valence-corrected chi connectivity index (χ4v) is 3.31. The van der Waals surface area contributed by atoms with Crippen molar-refractivity contribution in [3.63, 3.8) is 0 Å². The van der Waals surface area contributed by atoms with Gasteiger partial charge in [-0.1, -0.05) is 12.7 Å².